The van der Waals surface area contributed by atoms with Crippen LogP contribution in [0.3, 0.4) is 0 Å². The Morgan fingerprint density at radius 1 is 1.38 bits per heavy atom. The van der Waals surface area contributed by atoms with E-state index in [1.807, 2.05) is 29.5 Å². The number of benzene rings is 1. The molecule has 88 valence electrons. The van der Waals surface area contributed by atoms with E-state index in [1.165, 1.54) is 0 Å². The average molecular weight is 557 g/mol. The normalized spacial score (nSPS) is 10.2. The summed E-state index contributed by atoms with van der Waals surface area (Å²) < 4.78 is 2.68. The number of hydrogen-bond acceptors (Lipinski definition) is 2. The van der Waals surface area contributed by atoms with Gasteiger partial charge in [0, 0.05) is 13.7 Å². The summed E-state index contributed by atoms with van der Waals surface area (Å²) in [4.78, 5) is 11.8. The van der Waals surface area contributed by atoms with Crippen molar-refractivity contribution in [1.29, 1.82) is 0 Å². The van der Waals surface area contributed by atoms with Gasteiger partial charge in [-0.1, -0.05) is 6.92 Å². The molecule has 1 aromatic rings. The van der Waals surface area contributed by atoms with Crippen LogP contribution in [0, 0.1) is 10.7 Å². The molecule has 0 spiro atoms. The molecule has 0 aliphatic rings. The molecule has 0 atom stereocenters. The van der Waals surface area contributed by atoms with Gasteiger partial charge in [0.05, 0.1) is 9.13 Å². The SMILES string of the molecule is CCCNC(=O)c1cc(I)c(I)c(I)c1O. The number of phenols is 1. The van der Waals surface area contributed by atoms with Gasteiger partial charge in [0.25, 0.3) is 5.91 Å². The number of nitrogens with one attached hydrogen (secondary N) is 1. The Balaban J connectivity index is 3.10. The monoisotopic (exact) mass is 557 g/mol. The Morgan fingerprint density at radius 3 is 2.56 bits per heavy atom. The minimum Gasteiger partial charge on any atom is -0.506 e. The van der Waals surface area contributed by atoms with Crippen molar-refractivity contribution < 1.29 is 9.90 Å². The van der Waals surface area contributed by atoms with Gasteiger partial charge in [-0.2, -0.15) is 0 Å². The van der Waals surface area contributed by atoms with Crippen molar-refractivity contribution in [2.75, 3.05) is 6.54 Å². The summed E-state index contributed by atoms with van der Waals surface area (Å²) in [5.41, 5.74) is 0.350. The van der Waals surface area contributed by atoms with Crippen LogP contribution in [0.4, 0.5) is 0 Å². The van der Waals surface area contributed by atoms with E-state index in [-0.39, 0.29) is 11.7 Å². The maximum absolute atomic E-state index is 11.8. The summed E-state index contributed by atoms with van der Waals surface area (Å²) in [5.74, 6) is -0.148. The zero-order valence-corrected chi connectivity index (χ0v) is 15.0. The molecule has 1 amide bonds. The van der Waals surface area contributed by atoms with E-state index in [4.69, 9.17) is 0 Å². The second kappa shape index (κ2) is 6.57. The number of amides is 1. The van der Waals surface area contributed by atoms with Gasteiger partial charge in [0.2, 0.25) is 0 Å². The Kier molecular flexibility index (Phi) is 6.05. The van der Waals surface area contributed by atoms with Gasteiger partial charge in [0.1, 0.15) is 5.75 Å². The maximum atomic E-state index is 11.8. The summed E-state index contributed by atoms with van der Waals surface area (Å²) in [7, 11) is 0. The number of halogens is 3. The highest BCUT2D eigenvalue weighted by Gasteiger charge is 2.17. The minimum atomic E-state index is -0.216. The predicted octanol–water partition coefficient (Wildman–Crippen LogP) is 3.35. The zero-order valence-electron chi connectivity index (χ0n) is 8.48. The highest BCUT2D eigenvalue weighted by molar-refractivity contribution is 14.1. The smallest absolute Gasteiger partial charge is 0.255 e. The van der Waals surface area contributed by atoms with Crippen LogP contribution in [0.5, 0.6) is 5.75 Å². The zero-order chi connectivity index (χ0) is 12.3. The van der Waals surface area contributed by atoms with E-state index in [2.05, 4.69) is 50.5 Å². The van der Waals surface area contributed by atoms with E-state index in [1.54, 1.807) is 6.07 Å². The minimum absolute atomic E-state index is 0.0685. The molecule has 1 aromatic carbocycles. The molecule has 0 saturated heterocycles. The quantitative estimate of drug-likeness (QED) is 0.443. The van der Waals surface area contributed by atoms with Gasteiger partial charge in [-0.3, -0.25) is 4.79 Å². The van der Waals surface area contributed by atoms with Crippen molar-refractivity contribution in [2.24, 2.45) is 0 Å². The lowest BCUT2D eigenvalue weighted by Crippen LogP contribution is -2.24. The van der Waals surface area contributed by atoms with Crippen LogP contribution in [0.25, 0.3) is 0 Å². The maximum Gasteiger partial charge on any atom is 0.255 e. The van der Waals surface area contributed by atoms with E-state index in [0.29, 0.717) is 12.1 Å². The van der Waals surface area contributed by atoms with Crippen LogP contribution < -0.4 is 5.32 Å². The van der Waals surface area contributed by atoms with E-state index in [9.17, 15) is 9.90 Å². The molecule has 0 unspecified atom stereocenters. The average Bonchev–Trinajstić information content (AvgIpc) is 2.28. The lowest BCUT2D eigenvalue weighted by atomic mass is 10.2. The third-order valence-electron chi connectivity index (χ3n) is 1.92. The summed E-state index contributed by atoms with van der Waals surface area (Å²) in [6.07, 6.45) is 0.880. The van der Waals surface area contributed by atoms with Gasteiger partial charge in [-0.05, 0) is 80.3 Å². The van der Waals surface area contributed by atoms with Crippen LogP contribution in [0.2, 0.25) is 0 Å². The van der Waals surface area contributed by atoms with E-state index >= 15 is 0 Å². The van der Waals surface area contributed by atoms with Crippen LogP contribution in [-0.2, 0) is 0 Å². The molecule has 0 saturated carbocycles. The lowest BCUT2D eigenvalue weighted by Gasteiger charge is -2.10. The Hall–Kier alpha value is 0.680. The second-order valence-electron chi connectivity index (χ2n) is 3.14. The standard InChI is InChI=1S/C10H10I3NO2/c1-2-3-14-10(16)5-4-6(11)7(12)8(13)9(5)15/h4,15H,2-3H2,1H3,(H,14,16). The fraction of sp³-hybridized carbons (Fsp3) is 0.300. The van der Waals surface area contributed by atoms with Crippen molar-refractivity contribution in [3.8, 4) is 5.75 Å². The molecule has 0 fully saturated rings. The number of carbonyl (C=O) groups is 1. The van der Waals surface area contributed by atoms with E-state index < -0.39 is 0 Å². The van der Waals surface area contributed by atoms with Crippen molar-refractivity contribution in [3.05, 3.63) is 22.3 Å². The topological polar surface area (TPSA) is 49.3 Å². The molecular weight excluding hydrogens is 547 g/mol. The Labute approximate surface area is 135 Å². The van der Waals surface area contributed by atoms with Gasteiger partial charge in [0.15, 0.2) is 0 Å². The van der Waals surface area contributed by atoms with Crippen LogP contribution in [-0.4, -0.2) is 17.6 Å². The van der Waals surface area contributed by atoms with Gasteiger partial charge >= 0.3 is 0 Å². The first-order valence-corrected chi connectivity index (χ1v) is 7.87. The lowest BCUT2D eigenvalue weighted by molar-refractivity contribution is 0.0951. The highest BCUT2D eigenvalue weighted by Crippen LogP contribution is 2.32. The molecular formula is C10H10I3NO2. The fourth-order valence-electron chi connectivity index (χ4n) is 1.09. The number of aromatic hydroxyl groups is 1. The third kappa shape index (κ3) is 3.34. The molecule has 16 heavy (non-hydrogen) atoms. The molecule has 3 nitrogen and oxygen atoms in total. The van der Waals surface area contributed by atoms with E-state index in [0.717, 1.165) is 17.1 Å². The molecule has 0 aromatic heterocycles. The van der Waals surface area contributed by atoms with Crippen molar-refractivity contribution in [1.82, 2.24) is 5.32 Å². The fourth-order valence-corrected chi connectivity index (χ4v) is 3.18. The number of hydrogen-bond donors (Lipinski definition) is 2. The molecule has 0 aliphatic heterocycles. The second-order valence-corrected chi connectivity index (χ2v) is 6.46. The van der Waals surface area contributed by atoms with Crippen molar-refractivity contribution >= 4 is 73.7 Å². The molecule has 6 heteroatoms. The van der Waals surface area contributed by atoms with Gasteiger partial charge in [-0.25, -0.2) is 0 Å². The molecule has 1 rings (SSSR count). The summed E-state index contributed by atoms with van der Waals surface area (Å²) in [6.45, 7) is 2.61. The first kappa shape index (κ1) is 14.7. The third-order valence-corrected chi connectivity index (χ3v) is 7.00. The number of carbonyl (C=O) groups excluding carboxylic acids is 1. The molecule has 0 heterocycles. The molecule has 2 N–H and O–H groups in total. The Morgan fingerprint density at radius 2 is 2.00 bits per heavy atom. The van der Waals surface area contributed by atoms with Crippen LogP contribution in [0.15, 0.2) is 6.07 Å². The Bertz CT molecular complexity index is 421. The van der Waals surface area contributed by atoms with Crippen LogP contribution in [0.1, 0.15) is 23.7 Å². The van der Waals surface area contributed by atoms with Crippen LogP contribution >= 0.6 is 67.8 Å². The molecule has 0 radical (unpaired) electrons. The molecule has 0 bridgehead atoms. The predicted molar refractivity (Wildman–Crippen MR) is 88.9 cm³/mol. The molecule has 0 aliphatic carbocycles. The summed E-state index contributed by atoms with van der Waals surface area (Å²) in [5, 5.41) is 12.7. The largest absolute Gasteiger partial charge is 0.506 e. The highest BCUT2D eigenvalue weighted by atomic mass is 127. The number of rotatable bonds is 3. The van der Waals surface area contributed by atoms with Crippen molar-refractivity contribution in [2.45, 2.75) is 13.3 Å². The number of phenolic OH excluding ortho intramolecular Hbond substituents is 1. The first-order valence-electron chi connectivity index (χ1n) is 4.63. The van der Waals surface area contributed by atoms with Gasteiger partial charge < -0.3 is 10.4 Å². The summed E-state index contributed by atoms with van der Waals surface area (Å²) in [6, 6.07) is 1.71. The first-order chi connectivity index (χ1) is 7.49. The van der Waals surface area contributed by atoms with Gasteiger partial charge in [-0.15, -0.1) is 0 Å². The van der Waals surface area contributed by atoms with Crippen molar-refractivity contribution in [3.63, 3.8) is 0 Å². The summed E-state index contributed by atoms with van der Waals surface area (Å²) >= 11 is 6.37.